The van der Waals surface area contributed by atoms with Crippen LogP contribution in [0.3, 0.4) is 0 Å². The Balaban J connectivity index is 2.13. The highest BCUT2D eigenvalue weighted by molar-refractivity contribution is 7.99. The number of nitrogens with zero attached hydrogens (tertiary/aromatic N) is 2. The number of rotatable bonds is 4. The molecule has 22 heavy (non-hydrogen) atoms. The molecule has 2 aromatic rings. The molecule has 0 amide bonds. The van der Waals surface area contributed by atoms with Gasteiger partial charge in [0, 0.05) is 16.5 Å². The first kappa shape index (κ1) is 16.0. The first-order valence-electron chi connectivity index (χ1n) is 7.55. The lowest BCUT2D eigenvalue weighted by molar-refractivity contribution is -0.0542. The van der Waals surface area contributed by atoms with Gasteiger partial charge < -0.3 is 10.2 Å². The Kier molecular flexibility index (Phi) is 4.33. The summed E-state index contributed by atoms with van der Waals surface area (Å²) in [6.45, 7) is 9.24. The van der Waals surface area contributed by atoms with Crippen LogP contribution in [0.15, 0.2) is 5.16 Å². The summed E-state index contributed by atoms with van der Waals surface area (Å²) in [5.41, 5.74) is 3.95. The lowest BCUT2D eigenvalue weighted by Gasteiger charge is -2.33. The average Bonchev–Trinajstić information content (AvgIpc) is 2.83. The SMILES string of the molecule is CC[C@@]1(C)Cc2c(sc3nc(SC(C)C)nc(NN)c23)CO1. The summed E-state index contributed by atoms with van der Waals surface area (Å²) in [5.74, 6) is 6.46. The van der Waals surface area contributed by atoms with Crippen LogP contribution in [0.4, 0.5) is 5.82 Å². The van der Waals surface area contributed by atoms with Crippen molar-refractivity contribution >= 4 is 39.1 Å². The molecule has 5 nitrogen and oxygen atoms in total. The molecule has 1 aliphatic heterocycles. The minimum Gasteiger partial charge on any atom is -0.369 e. The van der Waals surface area contributed by atoms with Gasteiger partial charge in [0.15, 0.2) is 11.0 Å². The van der Waals surface area contributed by atoms with Gasteiger partial charge in [0.25, 0.3) is 0 Å². The number of nitrogens with one attached hydrogen (secondary N) is 1. The van der Waals surface area contributed by atoms with Crippen molar-refractivity contribution in [2.24, 2.45) is 5.84 Å². The van der Waals surface area contributed by atoms with Crippen LogP contribution in [0.1, 0.15) is 44.6 Å². The van der Waals surface area contributed by atoms with Crippen molar-refractivity contribution < 1.29 is 4.74 Å². The highest BCUT2D eigenvalue weighted by atomic mass is 32.2. The van der Waals surface area contributed by atoms with E-state index in [1.807, 2.05) is 0 Å². The van der Waals surface area contributed by atoms with Crippen molar-refractivity contribution in [1.82, 2.24) is 9.97 Å². The third kappa shape index (κ3) is 2.82. The molecule has 3 rings (SSSR count). The van der Waals surface area contributed by atoms with Crippen LogP contribution in [0, 0.1) is 0 Å². The van der Waals surface area contributed by atoms with E-state index >= 15 is 0 Å². The number of hydrazine groups is 1. The maximum atomic E-state index is 6.04. The first-order chi connectivity index (χ1) is 10.5. The van der Waals surface area contributed by atoms with Crippen molar-refractivity contribution in [3.8, 4) is 0 Å². The van der Waals surface area contributed by atoms with Gasteiger partial charge in [0.2, 0.25) is 0 Å². The zero-order chi connectivity index (χ0) is 15.9. The van der Waals surface area contributed by atoms with Crippen LogP contribution in [-0.4, -0.2) is 20.8 Å². The van der Waals surface area contributed by atoms with E-state index in [-0.39, 0.29) is 5.60 Å². The smallest absolute Gasteiger partial charge is 0.191 e. The van der Waals surface area contributed by atoms with Gasteiger partial charge >= 0.3 is 0 Å². The molecule has 0 aliphatic carbocycles. The lowest BCUT2D eigenvalue weighted by Crippen LogP contribution is -2.34. The number of hydrogen-bond acceptors (Lipinski definition) is 7. The van der Waals surface area contributed by atoms with Crippen LogP contribution in [0.25, 0.3) is 10.2 Å². The fraction of sp³-hybridized carbons (Fsp3) is 0.600. The van der Waals surface area contributed by atoms with Crippen molar-refractivity contribution in [2.75, 3.05) is 5.43 Å². The highest BCUT2D eigenvalue weighted by Gasteiger charge is 2.33. The molecule has 3 N–H and O–H groups in total. The normalized spacial score (nSPS) is 21.4. The maximum Gasteiger partial charge on any atom is 0.191 e. The lowest BCUT2D eigenvalue weighted by atomic mass is 9.90. The Labute approximate surface area is 139 Å². The molecule has 0 saturated carbocycles. The van der Waals surface area contributed by atoms with Crippen LogP contribution in [-0.2, 0) is 17.8 Å². The molecule has 0 aromatic carbocycles. The van der Waals surface area contributed by atoms with E-state index in [9.17, 15) is 0 Å². The third-order valence-corrected chi connectivity index (χ3v) is 6.01. The molecule has 120 valence electrons. The van der Waals surface area contributed by atoms with Gasteiger partial charge in [-0.1, -0.05) is 32.5 Å². The van der Waals surface area contributed by atoms with E-state index < -0.39 is 0 Å². The van der Waals surface area contributed by atoms with Crippen molar-refractivity contribution in [1.29, 1.82) is 0 Å². The van der Waals surface area contributed by atoms with Gasteiger partial charge in [-0.25, -0.2) is 15.8 Å². The molecule has 0 fully saturated rings. The molecule has 1 atom stereocenters. The minimum atomic E-state index is -0.113. The number of fused-ring (bicyclic) bond motifs is 3. The average molecular weight is 339 g/mol. The van der Waals surface area contributed by atoms with E-state index in [4.69, 9.17) is 15.6 Å². The van der Waals surface area contributed by atoms with Gasteiger partial charge in [-0.2, -0.15) is 0 Å². The Morgan fingerprint density at radius 2 is 2.23 bits per heavy atom. The Morgan fingerprint density at radius 1 is 1.45 bits per heavy atom. The quantitative estimate of drug-likeness (QED) is 0.383. The monoisotopic (exact) mass is 338 g/mol. The number of ether oxygens (including phenoxy) is 1. The van der Waals surface area contributed by atoms with Crippen LogP contribution >= 0.6 is 23.1 Å². The van der Waals surface area contributed by atoms with Crippen LogP contribution in [0.2, 0.25) is 0 Å². The van der Waals surface area contributed by atoms with E-state index in [0.29, 0.717) is 11.9 Å². The number of thioether (sulfide) groups is 1. The third-order valence-electron chi connectivity index (χ3n) is 4.04. The minimum absolute atomic E-state index is 0.113. The number of anilines is 1. The molecule has 0 saturated heterocycles. The van der Waals surface area contributed by atoms with Gasteiger partial charge in [0.1, 0.15) is 4.83 Å². The predicted molar refractivity (Wildman–Crippen MR) is 93.4 cm³/mol. The molecule has 3 heterocycles. The van der Waals surface area contributed by atoms with Gasteiger partial charge in [-0.15, -0.1) is 11.3 Å². The summed E-state index contributed by atoms with van der Waals surface area (Å²) < 4.78 is 6.04. The summed E-state index contributed by atoms with van der Waals surface area (Å²) in [4.78, 5) is 11.6. The summed E-state index contributed by atoms with van der Waals surface area (Å²) in [5, 5.41) is 2.27. The van der Waals surface area contributed by atoms with Crippen LogP contribution in [0.5, 0.6) is 0 Å². The molecule has 1 aliphatic rings. The molecule has 0 spiro atoms. The Bertz CT molecular complexity index is 700. The molecule has 0 radical (unpaired) electrons. The van der Waals surface area contributed by atoms with Crippen molar-refractivity contribution in [2.45, 2.75) is 63.2 Å². The van der Waals surface area contributed by atoms with Crippen molar-refractivity contribution in [3.63, 3.8) is 0 Å². The van der Waals surface area contributed by atoms with Gasteiger partial charge in [0.05, 0.1) is 17.6 Å². The van der Waals surface area contributed by atoms with E-state index in [1.165, 1.54) is 10.4 Å². The number of hydrogen-bond donors (Lipinski definition) is 2. The fourth-order valence-electron chi connectivity index (χ4n) is 2.65. The molecule has 0 unspecified atom stereocenters. The second-order valence-corrected chi connectivity index (χ2v) is 8.75. The Morgan fingerprint density at radius 3 is 2.86 bits per heavy atom. The molecular formula is C15H22N4OS2. The van der Waals surface area contributed by atoms with Crippen LogP contribution < -0.4 is 11.3 Å². The largest absolute Gasteiger partial charge is 0.369 e. The summed E-state index contributed by atoms with van der Waals surface area (Å²) in [6.07, 6.45) is 1.87. The second-order valence-electron chi connectivity index (χ2n) is 6.12. The second kappa shape index (κ2) is 5.96. The summed E-state index contributed by atoms with van der Waals surface area (Å²) in [6, 6.07) is 0. The first-order valence-corrected chi connectivity index (χ1v) is 9.25. The summed E-state index contributed by atoms with van der Waals surface area (Å²) >= 11 is 3.35. The van der Waals surface area contributed by atoms with E-state index in [1.54, 1.807) is 23.1 Å². The maximum absolute atomic E-state index is 6.04. The topological polar surface area (TPSA) is 73.1 Å². The molecule has 0 bridgehead atoms. The number of nitrogen functional groups attached to an aromatic ring is 1. The van der Waals surface area contributed by atoms with Crippen molar-refractivity contribution in [3.05, 3.63) is 10.4 Å². The Hall–Kier alpha value is -0.890. The number of thiophene rings is 1. The number of nitrogens with two attached hydrogens (primary N) is 1. The fourth-order valence-corrected chi connectivity index (χ4v) is 4.52. The molecular weight excluding hydrogens is 316 g/mol. The highest BCUT2D eigenvalue weighted by Crippen LogP contribution is 2.42. The van der Waals surface area contributed by atoms with Gasteiger partial charge in [-0.3, -0.25) is 0 Å². The zero-order valence-corrected chi connectivity index (χ0v) is 15.0. The molecule has 7 heteroatoms. The van der Waals surface area contributed by atoms with Gasteiger partial charge in [-0.05, 0) is 18.9 Å². The molecule has 2 aromatic heterocycles. The standard InChI is InChI=1S/C15H22N4OS2/c1-5-15(4)6-9-10(7-20-15)22-13-11(9)12(19-16)17-14(18-13)21-8(2)3/h8H,5-7,16H2,1-4H3,(H,17,18,19)/t15-/m0/s1. The number of aromatic nitrogens is 2. The van der Waals surface area contributed by atoms with E-state index in [0.717, 1.165) is 34.0 Å². The van der Waals surface area contributed by atoms with E-state index in [2.05, 4.69) is 38.1 Å². The predicted octanol–water partition coefficient (Wildman–Crippen LogP) is 3.72. The zero-order valence-electron chi connectivity index (χ0n) is 13.4. The summed E-state index contributed by atoms with van der Waals surface area (Å²) in [7, 11) is 0.